The molecule has 0 spiro atoms. The summed E-state index contributed by atoms with van der Waals surface area (Å²) in [5.74, 6) is -1.27. The summed E-state index contributed by atoms with van der Waals surface area (Å²) in [5, 5.41) is 10.6. The van der Waals surface area contributed by atoms with Gasteiger partial charge in [0, 0.05) is 25.7 Å². The van der Waals surface area contributed by atoms with Crippen molar-refractivity contribution in [1.29, 1.82) is 0 Å². The zero-order valence-electron chi connectivity index (χ0n) is 58.3. The molecule has 19 heteroatoms. The first-order chi connectivity index (χ1) is 43.6. The van der Waals surface area contributed by atoms with Gasteiger partial charge in [0.2, 0.25) is 0 Å². The highest BCUT2D eigenvalue weighted by Crippen LogP contribution is 2.45. The molecule has 0 saturated heterocycles. The summed E-state index contributed by atoms with van der Waals surface area (Å²) in [6.45, 7) is 7.29. The lowest BCUT2D eigenvalue weighted by atomic mass is 9.99. The molecular formula is C71H138O17P2. The topological polar surface area (TPSA) is 237 Å². The molecule has 0 rings (SSSR count). The molecule has 0 heterocycles. The normalized spacial score (nSPS) is 14.4. The molecule has 0 aromatic heterocycles. The van der Waals surface area contributed by atoms with Crippen LogP contribution in [0.4, 0.5) is 0 Å². The fourth-order valence-electron chi connectivity index (χ4n) is 10.8. The standard InChI is InChI=1S/C71H138O17P2/c1-6-10-13-16-19-22-24-31-35-40-45-50-55-69(74)82-61-67(88-71(76)57-52-47-42-37-32-28-26-25-27-30-34-38-43-48-53-64(5)9-4)63-86-90(79,80)84-59-65(72)58-83-89(77,78)85-62-66(60-81-68(73)54-49-44-39-33-21-18-15-12-8-3)87-70(75)56-51-46-41-36-29-23-20-17-14-11-7-2/h64-67,72H,6-63H2,1-5H3,(H,77,78)(H,79,80)/t64?,65-,66+,67+/m0/s1. The van der Waals surface area contributed by atoms with Crippen molar-refractivity contribution >= 4 is 39.5 Å². The first-order valence-corrected chi connectivity index (χ1v) is 40.2. The van der Waals surface area contributed by atoms with E-state index in [4.69, 9.17) is 37.0 Å². The lowest BCUT2D eigenvalue weighted by Gasteiger charge is -2.21. The number of unbranched alkanes of at least 4 members (excludes halogenated alkanes) is 42. The first-order valence-electron chi connectivity index (χ1n) is 37.2. The molecule has 0 saturated carbocycles. The lowest BCUT2D eigenvalue weighted by molar-refractivity contribution is -0.161. The van der Waals surface area contributed by atoms with Gasteiger partial charge in [-0.2, -0.15) is 0 Å². The van der Waals surface area contributed by atoms with Crippen molar-refractivity contribution < 1.29 is 80.2 Å². The van der Waals surface area contributed by atoms with Crippen LogP contribution in [0.2, 0.25) is 0 Å². The Hall–Kier alpha value is -1.94. The van der Waals surface area contributed by atoms with Crippen molar-refractivity contribution in [3.8, 4) is 0 Å². The molecule has 0 amide bonds. The molecular weight excluding hydrogens is 1190 g/mol. The second-order valence-electron chi connectivity index (χ2n) is 25.9. The monoisotopic (exact) mass is 1320 g/mol. The molecule has 0 aromatic rings. The Bertz CT molecular complexity index is 1740. The van der Waals surface area contributed by atoms with Crippen LogP contribution in [0.5, 0.6) is 0 Å². The van der Waals surface area contributed by atoms with Crippen molar-refractivity contribution in [1.82, 2.24) is 0 Å². The summed E-state index contributed by atoms with van der Waals surface area (Å²) in [5.41, 5.74) is 0. The van der Waals surface area contributed by atoms with Gasteiger partial charge >= 0.3 is 39.5 Å². The molecule has 0 aliphatic rings. The van der Waals surface area contributed by atoms with Gasteiger partial charge in [0.05, 0.1) is 26.4 Å². The van der Waals surface area contributed by atoms with Gasteiger partial charge < -0.3 is 33.8 Å². The fraction of sp³-hybridized carbons (Fsp3) is 0.944. The summed E-state index contributed by atoms with van der Waals surface area (Å²) >= 11 is 0. The van der Waals surface area contributed by atoms with E-state index >= 15 is 0 Å². The number of esters is 4. The number of carbonyl (C=O) groups excluding carboxylic acids is 4. The van der Waals surface area contributed by atoms with E-state index in [9.17, 15) is 43.2 Å². The molecule has 0 aliphatic carbocycles. The minimum absolute atomic E-state index is 0.107. The number of aliphatic hydroxyl groups excluding tert-OH is 1. The summed E-state index contributed by atoms with van der Waals surface area (Å²) < 4.78 is 68.3. The average molecular weight is 1330 g/mol. The van der Waals surface area contributed by atoms with Crippen molar-refractivity contribution in [3.63, 3.8) is 0 Å². The highest BCUT2D eigenvalue weighted by Gasteiger charge is 2.30. The number of carbonyl (C=O) groups is 4. The molecule has 17 nitrogen and oxygen atoms in total. The molecule has 3 unspecified atom stereocenters. The number of ether oxygens (including phenoxy) is 4. The van der Waals surface area contributed by atoms with E-state index in [0.717, 1.165) is 95.8 Å². The quantitative estimate of drug-likeness (QED) is 0.0222. The fourth-order valence-corrected chi connectivity index (χ4v) is 12.4. The minimum atomic E-state index is -4.95. The third-order valence-electron chi connectivity index (χ3n) is 16.9. The van der Waals surface area contributed by atoms with E-state index in [-0.39, 0.29) is 25.7 Å². The summed E-state index contributed by atoms with van der Waals surface area (Å²) in [6, 6.07) is 0. The van der Waals surface area contributed by atoms with Crippen LogP contribution in [-0.4, -0.2) is 96.7 Å². The summed E-state index contributed by atoms with van der Waals surface area (Å²) in [7, 11) is -9.90. The second kappa shape index (κ2) is 64.4. The molecule has 0 aromatic carbocycles. The van der Waals surface area contributed by atoms with Crippen molar-refractivity contribution in [2.24, 2.45) is 5.92 Å². The van der Waals surface area contributed by atoms with Crippen LogP contribution in [0, 0.1) is 5.92 Å². The third kappa shape index (κ3) is 63.5. The number of hydrogen-bond donors (Lipinski definition) is 3. The van der Waals surface area contributed by atoms with Gasteiger partial charge in [-0.1, -0.05) is 317 Å². The van der Waals surface area contributed by atoms with E-state index in [1.807, 2.05) is 0 Å². The molecule has 90 heavy (non-hydrogen) atoms. The second-order valence-corrected chi connectivity index (χ2v) is 28.8. The maximum absolute atomic E-state index is 13.0. The molecule has 534 valence electrons. The predicted octanol–water partition coefficient (Wildman–Crippen LogP) is 20.5. The van der Waals surface area contributed by atoms with Crippen molar-refractivity contribution in [2.45, 2.75) is 387 Å². The van der Waals surface area contributed by atoms with E-state index in [1.54, 1.807) is 0 Å². The van der Waals surface area contributed by atoms with Crippen LogP contribution in [0.15, 0.2) is 0 Å². The van der Waals surface area contributed by atoms with Crippen LogP contribution in [0.3, 0.4) is 0 Å². The minimum Gasteiger partial charge on any atom is -0.462 e. The summed E-state index contributed by atoms with van der Waals surface area (Å²) in [6.07, 6.45) is 51.1. The van der Waals surface area contributed by atoms with Gasteiger partial charge in [0.15, 0.2) is 12.2 Å². The maximum atomic E-state index is 13.0. The Kier molecular flexibility index (Phi) is 63.0. The number of phosphoric ester groups is 2. The van der Waals surface area contributed by atoms with Crippen molar-refractivity contribution in [3.05, 3.63) is 0 Å². The Balaban J connectivity index is 5.21. The number of aliphatic hydroxyl groups is 1. The van der Waals surface area contributed by atoms with E-state index in [0.29, 0.717) is 25.7 Å². The van der Waals surface area contributed by atoms with Gasteiger partial charge in [-0.15, -0.1) is 0 Å². The lowest BCUT2D eigenvalue weighted by Crippen LogP contribution is -2.30. The van der Waals surface area contributed by atoms with Gasteiger partial charge in [-0.05, 0) is 31.6 Å². The van der Waals surface area contributed by atoms with Crippen LogP contribution in [0.25, 0.3) is 0 Å². The van der Waals surface area contributed by atoms with Gasteiger partial charge in [-0.25, -0.2) is 9.13 Å². The molecule has 3 N–H and O–H groups in total. The Morgan fingerprint density at radius 2 is 0.533 bits per heavy atom. The largest absolute Gasteiger partial charge is 0.472 e. The first kappa shape index (κ1) is 88.1. The van der Waals surface area contributed by atoms with Crippen LogP contribution in [-0.2, 0) is 65.4 Å². The number of phosphoric acid groups is 2. The highest BCUT2D eigenvalue weighted by molar-refractivity contribution is 7.47. The molecule has 0 aliphatic heterocycles. The SMILES string of the molecule is CCCCCCCCCCCCCCC(=O)OC[C@H](COP(=O)(O)OC[C@@H](O)COP(=O)(O)OC[C@@H](COC(=O)CCCCCCCCCCC)OC(=O)CCCCCCCCCCCCC)OC(=O)CCCCCCCCCCCCCCCCC(C)CC. The van der Waals surface area contributed by atoms with Crippen LogP contribution >= 0.6 is 15.6 Å². The predicted molar refractivity (Wildman–Crippen MR) is 363 cm³/mol. The van der Waals surface area contributed by atoms with E-state index in [2.05, 4.69) is 34.6 Å². The number of hydrogen-bond acceptors (Lipinski definition) is 15. The molecule has 0 bridgehead atoms. The van der Waals surface area contributed by atoms with Crippen LogP contribution in [0.1, 0.15) is 369 Å². The van der Waals surface area contributed by atoms with Gasteiger partial charge in [0.1, 0.15) is 19.3 Å². The zero-order valence-corrected chi connectivity index (χ0v) is 60.1. The Morgan fingerprint density at radius 3 is 0.789 bits per heavy atom. The molecule has 0 fully saturated rings. The van der Waals surface area contributed by atoms with Crippen molar-refractivity contribution in [2.75, 3.05) is 39.6 Å². The Labute approximate surface area is 549 Å². The Morgan fingerprint density at radius 1 is 0.311 bits per heavy atom. The van der Waals surface area contributed by atoms with E-state index < -0.39 is 97.5 Å². The van der Waals surface area contributed by atoms with Crippen LogP contribution < -0.4 is 0 Å². The van der Waals surface area contributed by atoms with E-state index in [1.165, 1.54) is 193 Å². The van der Waals surface area contributed by atoms with Gasteiger partial charge in [0.25, 0.3) is 0 Å². The molecule has 6 atom stereocenters. The number of rotatable bonds is 71. The maximum Gasteiger partial charge on any atom is 0.472 e. The van der Waals surface area contributed by atoms with Gasteiger partial charge in [-0.3, -0.25) is 37.3 Å². The summed E-state index contributed by atoms with van der Waals surface area (Å²) in [4.78, 5) is 72.5. The zero-order chi connectivity index (χ0) is 66.3. The third-order valence-corrected chi connectivity index (χ3v) is 18.8. The molecule has 0 radical (unpaired) electrons. The smallest absolute Gasteiger partial charge is 0.462 e. The highest BCUT2D eigenvalue weighted by atomic mass is 31.2. The average Bonchev–Trinajstić information content (AvgIpc) is 3.68.